The minimum Gasteiger partial charge on any atom is -0.394 e. The van der Waals surface area contributed by atoms with Crippen LogP contribution in [-0.4, -0.2) is 36.1 Å². The fraction of sp³-hybridized carbons (Fsp3) is 0.429. The van der Waals surface area contributed by atoms with E-state index in [1.54, 1.807) is 19.9 Å². The zero-order chi connectivity index (χ0) is 23.0. The smallest absolute Gasteiger partial charge is 0.238 e. The normalized spacial score (nSPS) is 16.1. The number of aliphatic hydroxyl groups excluding tert-OH is 2. The zero-order valence-corrected chi connectivity index (χ0v) is 18.0. The van der Waals surface area contributed by atoms with Gasteiger partial charge in [-0.2, -0.15) is 0 Å². The molecule has 0 saturated heterocycles. The maximum absolute atomic E-state index is 14.8. The van der Waals surface area contributed by atoms with Crippen LogP contribution in [0.15, 0.2) is 24.3 Å². The second kappa shape index (κ2) is 8.68. The molecule has 3 rings (SSSR count). The van der Waals surface area contributed by atoms with Crippen LogP contribution in [0.25, 0.3) is 0 Å². The van der Waals surface area contributed by atoms with Gasteiger partial charge in [-0.15, -0.1) is 0 Å². The van der Waals surface area contributed by atoms with Gasteiger partial charge in [0.05, 0.1) is 28.8 Å². The van der Waals surface area contributed by atoms with Crippen molar-refractivity contribution in [2.24, 2.45) is 0 Å². The van der Waals surface area contributed by atoms with Crippen LogP contribution < -0.4 is 10.0 Å². The molecule has 2 aromatic rings. The van der Waals surface area contributed by atoms with E-state index in [4.69, 9.17) is 5.11 Å². The van der Waals surface area contributed by atoms with Crippen molar-refractivity contribution in [2.45, 2.75) is 50.4 Å². The standard InChI is InChI=1S/C21H25F3N2O4S/c1-3-13-9-16(23)18(24)20(25-17-5-4-12(2)8-15(17)22)19(13)26-31(29,30)21(6-7-21)10-14(28)11-27/h4-5,8-9,14,25-28H,3,6-7,10-11H2,1-2H3. The van der Waals surface area contributed by atoms with E-state index in [9.17, 15) is 26.7 Å². The Labute approximate surface area is 179 Å². The van der Waals surface area contributed by atoms with Gasteiger partial charge in [-0.05, 0) is 61.9 Å². The second-order valence-corrected chi connectivity index (χ2v) is 9.95. The molecular formula is C21H25F3N2O4S. The maximum Gasteiger partial charge on any atom is 0.238 e. The Hall–Kier alpha value is -2.30. The van der Waals surface area contributed by atoms with Gasteiger partial charge in [0.1, 0.15) is 11.5 Å². The average Bonchev–Trinajstić information content (AvgIpc) is 3.50. The first-order valence-electron chi connectivity index (χ1n) is 9.89. The fourth-order valence-corrected chi connectivity index (χ4v) is 5.28. The number of nitrogens with one attached hydrogen (secondary N) is 2. The first kappa shape index (κ1) is 23.4. The van der Waals surface area contributed by atoms with E-state index in [-0.39, 0.29) is 42.6 Å². The lowest BCUT2D eigenvalue weighted by Gasteiger charge is -2.23. The second-order valence-electron chi connectivity index (χ2n) is 7.87. The molecule has 4 N–H and O–H groups in total. The molecule has 10 heteroatoms. The summed E-state index contributed by atoms with van der Waals surface area (Å²) < 4.78 is 70.5. The predicted molar refractivity (Wildman–Crippen MR) is 112 cm³/mol. The molecule has 0 radical (unpaired) electrons. The molecule has 170 valence electrons. The summed E-state index contributed by atoms with van der Waals surface area (Å²) >= 11 is 0. The number of benzene rings is 2. The first-order valence-corrected chi connectivity index (χ1v) is 11.4. The van der Waals surface area contributed by atoms with Crippen LogP contribution in [0.4, 0.5) is 30.2 Å². The molecule has 1 aliphatic carbocycles. The number of sulfonamides is 1. The van der Waals surface area contributed by atoms with Crippen molar-refractivity contribution in [1.82, 2.24) is 0 Å². The number of hydrogen-bond donors (Lipinski definition) is 4. The van der Waals surface area contributed by atoms with Gasteiger partial charge in [-0.1, -0.05) is 13.0 Å². The minimum absolute atomic E-state index is 0.144. The van der Waals surface area contributed by atoms with E-state index < -0.39 is 50.6 Å². The highest BCUT2D eigenvalue weighted by Crippen LogP contribution is 2.49. The summed E-state index contributed by atoms with van der Waals surface area (Å²) in [4.78, 5) is 0. The molecule has 6 nitrogen and oxygen atoms in total. The molecule has 1 saturated carbocycles. The van der Waals surface area contributed by atoms with Crippen LogP contribution in [-0.2, 0) is 16.4 Å². The van der Waals surface area contributed by atoms with Crippen LogP contribution in [0.2, 0.25) is 0 Å². The van der Waals surface area contributed by atoms with Crippen molar-refractivity contribution in [3.63, 3.8) is 0 Å². The molecule has 0 amide bonds. The van der Waals surface area contributed by atoms with Gasteiger partial charge in [-0.25, -0.2) is 21.6 Å². The first-order chi connectivity index (χ1) is 14.5. The molecule has 1 aliphatic rings. The van der Waals surface area contributed by atoms with Crippen LogP contribution >= 0.6 is 0 Å². The van der Waals surface area contributed by atoms with E-state index in [1.165, 1.54) is 12.1 Å². The summed E-state index contributed by atoms with van der Waals surface area (Å²) in [6.07, 6.45) is -0.750. The van der Waals surface area contributed by atoms with Gasteiger partial charge >= 0.3 is 0 Å². The Bertz CT molecular complexity index is 1090. The summed E-state index contributed by atoms with van der Waals surface area (Å²) in [5, 5.41) is 21.3. The molecule has 0 heterocycles. The fourth-order valence-electron chi connectivity index (χ4n) is 3.51. The van der Waals surface area contributed by atoms with E-state index in [1.807, 2.05) is 0 Å². The lowest BCUT2D eigenvalue weighted by Crippen LogP contribution is -2.35. The van der Waals surface area contributed by atoms with Crippen LogP contribution in [0.3, 0.4) is 0 Å². The molecular weight excluding hydrogens is 433 g/mol. The van der Waals surface area contributed by atoms with Crippen molar-refractivity contribution in [2.75, 3.05) is 16.6 Å². The van der Waals surface area contributed by atoms with E-state index in [0.717, 1.165) is 6.07 Å². The Kier molecular flexibility index (Phi) is 6.54. The molecule has 0 bridgehead atoms. The van der Waals surface area contributed by atoms with Gasteiger partial charge < -0.3 is 15.5 Å². The highest BCUT2D eigenvalue weighted by atomic mass is 32.2. The Balaban J connectivity index is 2.06. The predicted octanol–water partition coefficient (Wildman–Crippen LogP) is 3.74. The van der Waals surface area contributed by atoms with Crippen molar-refractivity contribution in [3.05, 3.63) is 52.8 Å². The van der Waals surface area contributed by atoms with Crippen molar-refractivity contribution >= 4 is 27.1 Å². The van der Waals surface area contributed by atoms with Crippen LogP contribution in [0.1, 0.15) is 37.3 Å². The molecule has 0 aliphatic heterocycles. The molecule has 1 unspecified atom stereocenters. The largest absolute Gasteiger partial charge is 0.394 e. The summed E-state index contributed by atoms with van der Waals surface area (Å²) in [5.41, 5.74) is -0.0886. The summed E-state index contributed by atoms with van der Waals surface area (Å²) in [6, 6.07) is 5.02. The quantitative estimate of drug-likeness (QED) is 0.459. The van der Waals surface area contributed by atoms with E-state index >= 15 is 0 Å². The van der Waals surface area contributed by atoms with Gasteiger partial charge in [-0.3, -0.25) is 4.72 Å². The van der Waals surface area contributed by atoms with Crippen LogP contribution in [0.5, 0.6) is 0 Å². The monoisotopic (exact) mass is 458 g/mol. The van der Waals surface area contributed by atoms with E-state index in [0.29, 0.717) is 5.56 Å². The molecule has 31 heavy (non-hydrogen) atoms. The number of hydrogen-bond acceptors (Lipinski definition) is 5. The summed E-state index contributed by atoms with van der Waals surface area (Å²) in [7, 11) is -4.14. The van der Waals surface area contributed by atoms with Crippen molar-refractivity contribution in [1.29, 1.82) is 0 Å². The number of aliphatic hydroxyl groups is 2. The third-order valence-electron chi connectivity index (χ3n) is 5.50. The highest BCUT2D eigenvalue weighted by Gasteiger charge is 2.55. The molecule has 2 aromatic carbocycles. The molecule has 0 spiro atoms. The van der Waals surface area contributed by atoms with Gasteiger partial charge in [0.15, 0.2) is 11.6 Å². The minimum atomic E-state index is -4.14. The van der Waals surface area contributed by atoms with Crippen molar-refractivity contribution in [3.8, 4) is 0 Å². The molecule has 1 fully saturated rings. The van der Waals surface area contributed by atoms with Gasteiger partial charge in [0.2, 0.25) is 10.0 Å². The SMILES string of the molecule is CCc1cc(F)c(F)c(Nc2ccc(C)cc2F)c1NS(=O)(=O)C1(CC(O)CO)CC1. The number of rotatable bonds is 9. The van der Waals surface area contributed by atoms with Crippen LogP contribution in [0, 0.1) is 24.4 Å². The molecule has 0 aromatic heterocycles. The third kappa shape index (κ3) is 4.65. The number of halogens is 3. The topological polar surface area (TPSA) is 98.7 Å². The summed E-state index contributed by atoms with van der Waals surface area (Å²) in [6.45, 7) is 2.71. The Morgan fingerprint density at radius 1 is 1.13 bits per heavy atom. The average molecular weight is 459 g/mol. The Morgan fingerprint density at radius 3 is 2.35 bits per heavy atom. The summed E-state index contributed by atoms with van der Waals surface area (Å²) in [5.74, 6) is -3.26. The third-order valence-corrected chi connectivity index (χ3v) is 7.69. The number of aryl methyl sites for hydroxylation is 2. The maximum atomic E-state index is 14.8. The number of anilines is 3. The highest BCUT2D eigenvalue weighted by molar-refractivity contribution is 7.94. The van der Waals surface area contributed by atoms with E-state index in [2.05, 4.69) is 10.0 Å². The molecule has 1 atom stereocenters. The zero-order valence-electron chi connectivity index (χ0n) is 17.2. The van der Waals surface area contributed by atoms with Gasteiger partial charge in [0.25, 0.3) is 0 Å². The lowest BCUT2D eigenvalue weighted by atomic mass is 10.1. The van der Waals surface area contributed by atoms with Gasteiger partial charge in [0, 0.05) is 0 Å². The van der Waals surface area contributed by atoms with Crippen molar-refractivity contribution < 1.29 is 31.8 Å². The lowest BCUT2D eigenvalue weighted by molar-refractivity contribution is 0.0858. The Morgan fingerprint density at radius 2 is 1.81 bits per heavy atom.